The lowest BCUT2D eigenvalue weighted by molar-refractivity contribution is -0.127. The summed E-state index contributed by atoms with van der Waals surface area (Å²) in [7, 11) is 0. The van der Waals surface area contributed by atoms with Gasteiger partial charge in [0, 0.05) is 18.4 Å². The molecule has 1 aliphatic rings. The predicted molar refractivity (Wildman–Crippen MR) is 90.6 cm³/mol. The van der Waals surface area contributed by atoms with Gasteiger partial charge in [0.2, 0.25) is 5.91 Å². The molecule has 2 aromatic rings. The first-order valence-corrected chi connectivity index (χ1v) is 8.09. The van der Waals surface area contributed by atoms with E-state index < -0.39 is 42.6 Å². The molecule has 1 fully saturated rings. The van der Waals surface area contributed by atoms with E-state index in [9.17, 15) is 22.8 Å². The molecule has 3 rings (SSSR count). The molecule has 0 radical (unpaired) electrons. The van der Waals surface area contributed by atoms with Crippen LogP contribution in [-0.4, -0.2) is 46.8 Å². The second-order valence-electron chi connectivity index (χ2n) is 6.43. The lowest BCUT2D eigenvalue weighted by atomic mass is 10.1. The van der Waals surface area contributed by atoms with Crippen LogP contribution in [0.3, 0.4) is 0 Å². The summed E-state index contributed by atoms with van der Waals surface area (Å²) in [4.78, 5) is 27.8. The summed E-state index contributed by atoms with van der Waals surface area (Å²) in [5.74, 6) is -4.65. The van der Waals surface area contributed by atoms with Crippen molar-refractivity contribution >= 4 is 22.7 Å². The molecule has 8 heteroatoms. The minimum atomic E-state index is -3.00. The number of carbonyl (C=O) groups excluding carboxylic acids is 2. The Morgan fingerprint density at radius 1 is 1.46 bits per heavy atom. The molecule has 5 nitrogen and oxygen atoms in total. The lowest BCUT2D eigenvalue weighted by Crippen LogP contribution is -2.42. The zero-order valence-corrected chi connectivity index (χ0v) is 14.1. The summed E-state index contributed by atoms with van der Waals surface area (Å²) >= 11 is 0. The zero-order chi connectivity index (χ0) is 19.1. The van der Waals surface area contributed by atoms with E-state index in [1.807, 2.05) is 0 Å². The number of nitrogens with zero attached hydrogens (tertiary/aromatic N) is 1. The molecule has 0 spiro atoms. The molecular weight excluding hydrogens is 347 g/mol. The third kappa shape index (κ3) is 3.31. The first-order valence-electron chi connectivity index (χ1n) is 8.09. The summed E-state index contributed by atoms with van der Waals surface area (Å²) in [5.41, 5.74) is 1.14. The minimum absolute atomic E-state index is 0.125. The summed E-state index contributed by atoms with van der Waals surface area (Å²) < 4.78 is 41.1. The molecule has 2 heterocycles. The molecule has 0 saturated carbocycles. The van der Waals surface area contributed by atoms with Crippen molar-refractivity contribution in [3.05, 3.63) is 47.9 Å². The van der Waals surface area contributed by atoms with Crippen molar-refractivity contribution in [1.29, 1.82) is 0 Å². The topological polar surface area (TPSA) is 65.2 Å². The number of hydrogen-bond donors (Lipinski definition) is 2. The highest BCUT2D eigenvalue weighted by Crippen LogP contribution is 2.32. The lowest BCUT2D eigenvalue weighted by Gasteiger charge is -2.22. The van der Waals surface area contributed by atoms with Crippen LogP contribution in [-0.2, 0) is 4.79 Å². The summed E-state index contributed by atoms with van der Waals surface area (Å²) in [6, 6.07) is 3.59. The number of alkyl halides is 2. The summed E-state index contributed by atoms with van der Waals surface area (Å²) in [6.07, 6.45) is 0.437. The molecular formula is C18H18F3N3O2. The average Bonchev–Trinajstić information content (AvgIpc) is 3.17. The van der Waals surface area contributed by atoms with Crippen LogP contribution in [0, 0.1) is 12.7 Å². The molecule has 26 heavy (non-hydrogen) atoms. The highest BCUT2D eigenvalue weighted by molar-refractivity contribution is 5.99. The van der Waals surface area contributed by atoms with Gasteiger partial charge in [-0.15, -0.1) is 0 Å². The van der Waals surface area contributed by atoms with Gasteiger partial charge in [-0.2, -0.15) is 0 Å². The van der Waals surface area contributed by atoms with Crippen LogP contribution in [0.1, 0.15) is 22.5 Å². The predicted octanol–water partition coefficient (Wildman–Crippen LogP) is 2.77. The number of hydrogen-bond acceptors (Lipinski definition) is 2. The number of nitrogens with one attached hydrogen (secondary N) is 2. The van der Waals surface area contributed by atoms with E-state index in [1.54, 1.807) is 13.0 Å². The molecule has 2 N–H and O–H groups in total. The largest absolute Gasteiger partial charge is 0.349 e. The molecule has 1 aliphatic heterocycles. The first-order chi connectivity index (χ1) is 12.2. The number of amides is 2. The Kier molecular flexibility index (Phi) is 4.52. The van der Waals surface area contributed by atoms with Gasteiger partial charge in [-0.05, 0) is 30.7 Å². The molecule has 1 aromatic heterocycles. The van der Waals surface area contributed by atoms with Gasteiger partial charge in [0.1, 0.15) is 11.5 Å². The van der Waals surface area contributed by atoms with E-state index in [4.69, 9.17) is 0 Å². The quantitative estimate of drug-likeness (QED) is 0.819. The third-order valence-corrected chi connectivity index (χ3v) is 4.54. The van der Waals surface area contributed by atoms with E-state index in [-0.39, 0.29) is 17.8 Å². The number of likely N-dealkylation sites (tertiary alicyclic amines) is 1. The van der Waals surface area contributed by atoms with E-state index in [1.165, 1.54) is 12.1 Å². The number of aryl methyl sites for hydroxylation is 1. The maximum atomic E-state index is 13.8. The van der Waals surface area contributed by atoms with Crippen LogP contribution in [0.25, 0.3) is 10.9 Å². The number of benzene rings is 1. The Hall–Kier alpha value is -2.77. The number of fused-ring (bicyclic) bond motifs is 1. The van der Waals surface area contributed by atoms with Gasteiger partial charge in [0.15, 0.2) is 0 Å². The molecule has 0 unspecified atom stereocenters. The van der Waals surface area contributed by atoms with Gasteiger partial charge in [0.25, 0.3) is 11.8 Å². The molecule has 1 saturated heterocycles. The number of aromatic amines is 1. The Balaban J connectivity index is 1.74. The zero-order valence-electron chi connectivity index (χ0n) is 14.1. The van der Waals surface area contributed by atoms with Gasteiger partial charge in [-0.1, -0.05) is 12.6 Å². The monoisotopic (exact) mass is 365 g/mol. The Morgan fingerprint density at radius 3 is 2.85 bits per heavy atom. The van der Waals surface area contributed by atoms with Crippen molar-refractivity contribution in [3.8, 4) is 0 Å². The van der Waals surface area contributed by atoms with Crippen LogP contribution in [0.2, 0.25) is 0 Å². The molecule has 1 aromatic carbocycles. The van der Waals surface area contributed by atoms with E-state index in [0.29, 0.717) is 5.39 Å². The molecule has 0 aliphatic carbocycles. The standard InChI is InChI=1S/C18H18F3N3O2/c1-3-15(25)24-9-18(20,21)7-11(24)8-22-17(26)14-6-12-10(2)4-5-13(19)16(12)23-14/h3-6,11,23H,1,7-9H2,2H3,(H,22,26)/t11-/m0/s1. The van der Waals surface area contributed by atoms with Crippen LogP contribution in [0.4, 0.5) is 13.2 Å². The second-order valence-corrected chi connectivity index (χ2v) is 6.43. The van der Waals surface area contributed by atoms with Gasteiger partial charge < -0.3 is 15.2 Å². The number of rotatable bonds is 4. The van der Waals surface area contributed by atoms with Crippen LogP contribution < -0.4 is 5.32 Å². The highest BCUT2D eigenvalue weighted by atomic mass is 19.3. The normalized spacial score (nSPS) is 18.9. The van der Waals surface area contributed by atoms with Crippen LogP contribution in [0.5, 0.6) is 0 Å². The first kappa shape index (κ1) is 18.0. The Morgan fingerprint density at radius 2 is 2.19 bits per heavy atom. The SMILES string of the molecule is C=CC(=O)N1CC(F)(F)C[C@H]1CNC(=O)c1cc2c(C)ccc(F)c2[nH]1. The highest BCUT2D eigenvalue weighted by Gasteiger charge is 2.46. The number of carbonyl (C=O) groups is 2. The van der Waals surface area contributed by atoms with Gasteiger partial charge in [-0.3, -0.25) is 9.59 Å². The van der Waals surface area contributed by atoms with Gasteiger partial charge >= 0.3 is 0 Å². The fraction of sp³-hybridized carbons (Fsp3) is 0.333. The average molecular weight is 365 g/mol. The number of H-pyrrole nitrogens is 1. The van der Waals surface area contributed by atoms with E-state index in [2.05, 4.69) is 16.9 Å². The van der Waals surface area contributed by atoms with E-state index in [0.717, 1.165) is 16.5 Å². The van der Waals surface area contributed by atoms with Gasteiger partial charge in [0.05, 0.1) is 18.1 Å². The molecule has 0 bridgehead atoms. The minimum Gasteiger partial charge on any atom is -0.349 e. The van der Waals surface area contributed by atoms with Crippen molar-refractivity contribution in [2.45, 2.75) is 25.3 Å². The maximum Gasteiger partial charge on any atom is 0.267 e. The smallest absolute Gasteiger partial charge is 0.267 e. The van der Waals surface area contributed by atoms with Crippen LogP contribution in [0.15, 0.2) is 30.9 Å². The van der Waals surface area contributed by atoms with Crippen LogP contribution >= 0.6 is 0 Å². The fourth-order valence-corrected chi connectivity index (χ4v) is 3.21. The summed E-state index contributed by atoms with van der Waals surface area (Å²) in [5, 5.41) is 3.11. The number of halogens is 3. The number of aromatic nitrogens is 1. The van der Waals surface area contributed by atoms with Crippen molar-refractivity contribution in [3.63, 3.8) is 0 Å². The fourth-order valence-electron chi connectivity index (χ4n) is 3.21. The van der Waals surface area contributed by atoms with Crippen molar-refractivity contribution in [2.75, 3.05) is 13.1 Å². The summed E-state index contributed by atoms with van der Waals surface area (Å²) in [6.45, 7) is 4.26. The molecule has 2 amide bonds. The maximum absolute atomic E-state index is 13.8. The van der Waals surface area contributed by atoms with Gasteiger partial charge in [-0.25, -0.2) is 13.2 Å². The van der Waals surface area contributed by atoms with Crippen molar-refractivity contribution < 1.29 is 22.8 Å². The van der Waals surface area contributed by atoms with E-state index >= 15 is 0 Å². The molecule has 138 valence electrons. The van der Waals surface area contributed by atoms with Crippen molar-refractivity contribution in [2.24, 2.45) is 0 Å². The second kappa shape index (κ2) is 6.51. The van der Waals surface area contributed by atoms with Crippen molar-refractivity contribution in [1.82, 2.24) is 15.2 Å². The Labute approximate surface area is 147 Å². The molecule has 1 atom stereocenters. The Bertz CT molecular complexity index is 852. The third-order valence-electron chi connectivity index (χ3n) is 4.54.